The van der Waals surface area contributed by atoms with Gasteiger partial charge in [-0.05, 0) is 48.4 Å². The molecule has 0 radical (unpaired) electrons. The Morgan fingerprint density at radius 2 is 1.74 bits per heavy atom. The number of nitriles is 1. The lowest BCUT2D eigenvalue weighted by atomic mass is 9.92. The zero-order valence-electron chi connectivity index (χ0n) is 19.2. The van der Waals surface area contributed by atoms with Gasteiger partial charge in [0.15, 0.2) is 0 Å². The van der Waals surface area contributed by atoms with Crippen LogP contribution in [0.1, 0.15) is 23.6 Å². The number of carbonyl (C=O) groups excluding carboxylic acids is 3. The summed E-state index contributed by atoms with van der Waals surface area (Å²) in [6.45, 7) is 2.26. The quantitative estimate of drug-likeness (QED) is 0.651. The SMILES string of the molecule is COC(=O)C1CC(C(=O)N2CCNCC2)N(C(=O)Nc2ccc(F)cc2)C1c1ccc(C#N)cc1. The number of urea groups is 1. The summed E-state index contributed by atoms with van der Waals surface area (Å²) in [6, 6.07) is 11.6. The summed E-state index contributed by atoms with van der Waals surface area (Å²) < 4.78 is 18.4. The Balaban J connectivity index is 1.73. The largest absolute Gasteiger partial charge is 0.469 e. The van der Waals surface area contributed by atoms with Crippen molar-refractivity contribution in [3.8, 4) is 6.07 Å². The van der Waals surface area contributed by atoms with Crippen LogP contribution < -0.4 is 10.6 Å². The van der Waals surface area contributed by atoms with Crippen molar-refractivity contribution in [2.45, 2.75) is 18.5 Å². The number of nitrogens with one attached hydrogen (secondary N) is 2. The van der Waals surface area contributed by atoms with Crippen LogP contribution in [0.4, 0.5) is 14.9 Å². The molecule has 2 fully saturated rings. The number of likely N-dealkylation sites (tertiary alicyclic amines) is 1. The van der Waals surface area contributed by atoms with Gasteiger partial charge in [0.1, 0.15) is 11.9 Å². The Labute approximate surface area is 202 Å². The Bertz CT molecular complexity index is 1130. The fraction of sp³-hybridized carbons (Fsp3) is 0.360. The van der Waals surface area contributed by atoms with Crippen LogP contribution in [0.15, 0.2) is 48.5 Å². The second-order valence-electron chi connectivity index (χ2n) is 8.48. The van der Waals surface area contributed by atoms with Crippen LogP contribution in [-0.2, 0) is 14.3 Å². The first-order valence-corrected chi connectivity index (χ1v) is 11.3. The number of nitrogens with zero attached hydrogens (tertiary/aromatic N) is 3. The monoisotopic (exact) mass is 479 g/mol. The molecule has 0 aromatic heterocycles. The number of esters is 1. The maximum atomic E-state index is 13.6. The minimum absolute atomic E-state index is 0.0942. The summed E-state index contributed by atoms with van der Waals surface area (Å²) >= 11 is 0. The molecule has 4 rings (SSSR count). The fourth-order valence-corrected chi connectivity index (χ4v) is 4.70. The van der Waals surface area contributed by atoms with Gasteiger partial charge in [-0.25, -0.2) is 9.18 Å². The average Bonchev–Trinajstić information content (AvgIpc) is 3.30. The van der Waals surface area contributed by atoms with E-state index in [1.807, 2.05) is 6.07 Å². The van der Waals surface area contributed by atoms with Crippen molar-refractivity contribution in [3.63, 3.8) is 0 Å². The number of ether oxygens (including phenoxy) is 1. The predicted octanol–water partition coefficient (Wildman–Crippen LogP) is 2.27. The molecule has 2 aliphatic heterocycles. The van der Waals surface area contributed by atoms with Gasteiger partial charge in [0, 0.05) is 31.9 Å². The molecule has 2 N–H and O–H groups in total. The van der Waals surface area contributed by atoms with Crippen LogP contribution in [-0.4, -0.2) is 67.0 Å². The van der Waals surface area contributed by atoms with Gasteiger partial charge in [-0.2, -0.15) is 5.26 Å². The van der Waals surface area contributed by atoms with Crippen LogP contribution >= 0.6 is 0 Å². The zero-order valence-corrected chi connectivity index (χ0v) is 19.2. The Hall–Kier alpha value is -3.97. The molecule has 3 unspecified atom stereocenters. The van der Waals surface area contributed by atoms with E-state index in [1.165, 1.54) is 36.3 Å². The molecule has 3 amide bonds. The van der Waals surface area contributed by atoms with Gasteiger partial charge in [-0.1, -0.05) is 12.1 Å². The molecular weight excluding hydrogens is 453 g/mol. The molecule has 10 heteroatoms. The van der Waals surface area contributed by atoms with Crippen LogP contribution in [0.3, 0.4) is 0 Å². The predicted molar refractivity (Wildman–Crippen MR) is 125 cm³/mol. The minimum Gasteiger partial charge on any atom is -0.469 e. The fourth-order valence-electron chi connectivity index (χ4n) is 4.70. The van der Waals surface area contributed by atoms with Crippen molar-refractivity contribution in [3.05, 3.63) is 65.5 Å². The van der Waals surface area contributed by atoms with E-state index in [4.69, 9.17) is 4.74 Å². The standard InChI is InChI=1S/C25H26FN5O4/c1-35-24(33)20-14-21(23(32)30-12-10-28-11-13-30)31(22(20)17-4-2-16(15-27)3-5-17)25(34)29-19-8-6-18(26)7-9-19/h2-9,20-22,28H,10-14H2,1H3,(H,29,34). The number of piperazine rings is 1. The van der Waals surface area contributed by atoms with E-state index in [0.29, 0.717) is 43.0 Å². The Morgan fingerprint density at radius 1 is 1.09 bits per heavy atom. The van der Waals surface area contributed by atoms with E-state index >= 15 is 0 Å². The highest BCUT2D eigenvalue weighted by molar-refractivity contribution is 5.96. The molecule has 35 heavy (non-hydrogen) atoms. The van der Waals surface area contributed by atoms with Crippen LogP contribution in [0.5, 0.6) is 0 Å². The minimum atomic E-state index is -0.904. The van der Waals surface area contributed by atoms with E-state index < -0.39 is 35.8 Å². The molecule has 2 saturated heterocycles. The Kier molecular flexibility index (Phi) is 7.27. The lowest BCUT2D eigenvalue weighted by Crippen LogP contribution is -2.54. The van der Waals surface area contributed by atoms with Gasteiger partial charge >= 0.3 is 12.0 Å². The number of benzene rings is 2. The summed E-state index contributed by atoms with van der Waals surface area (Å²) in [7, 11) is 1.27. The molecule has 2 aromatic carbocycles. The summed E-state index contributed by atoms with van der Waals surface area (Å²) in [4.78, 5) is 43.1. The van der Waals surface area contributed by atoms with Crippen LogP contribution in [0.2, 0.25) is 0 Å². The zero-order chi connectivity index (χ0) is 24.9. The molecule has 2 heterocycles. The smallest absolute Gasteiger partial charge is 0.323 e. The first-order chi connectivity index (χ1) is 16.9. The third kappa shape index (κ3) is 5.10. The van der Waals surface area contributed by atoms with Gasteiger partial charge in [0.05, 0.1) is 30.7 Å². The van der Waals surface area contributed by atoms with Crippen molar-refractivity contribution >= 4 is 23.6 Å². The molecule has 0 bridgehead atoms. The van der Waals surface area contributed by atoms with Gasteiger partial charge in [-0.15, -0.1) is 0 Å². The normalized spacial score (nSPS) is 21.8. The maximum absolute atomic E-state index is 13.6. The van der Waals surface area contributed by atoms with E-state index in [0.717, 1.165) is 0 Å². The van der Waals surface area contributed by atoms with E-state index in [1.54, 1.807) is 29.2 Å². The van der Waals surface area contributed by atoms with E-state index in [2.05, 4.69) is 10.6 Å². The second-order valence-corrected chi connectivity index (χ2v) is 8.48. The van der Waals surface area contributed by atoms with Crippen molar-refractivity contribution in [2.24, 2.45) is 5.92 Å². The molecule has 0 spiro atoms. The van der Waals surface area contributed by atoms with Gasteiger partial charge in [-0.3, -0.25) is 9.59 Å². The number of carbonyl (C=O) groups is 3. The van der Waals surface area contributed by atoms with Gasteiger partial charge < -0.3 is 25.2 Å². The highest BCUT2D eigenvalue weighted by Gasteiger charge is 2.52. The highest BCUT2D eigenvalue weighted by atomic mass is 19.1. The first-order valence-electron chi connectivity index (χ1n) is 11.3. The molecule has 0 saturated carbocycles. The number of rotatable bonds is 4. The number of halogens is 1. The third-order valence-electron chi connectivity index (χ3n) is 6.42. The van der Waals surface area contributed by atoms with E-state index in [-0.39, 0.29) is 12.3 Å². The summed E-state index contributed by atoms with van der Waals surface area (Å²) in [5, 5.41) is 15.1. The summed E-state index contributed by atoms with van der Waals surface area (Å²) in [5.74, 6) is -2.01. The van der Waals surface area contributed by atoms with Crippen molar-refractivity contribution in [2.75, 3.05) is 38.6 Å². The highest BCUT2D eigenvalue weighted by Crippen LogP contribution is 2.43. The molecule has 2 aliphatic rings. The maximum Gasteiger partial charge on any atom is 0.323 e. The number of amides is 3. The first kappa shape index (κ1) is 24.2. The van der Waals surface area contributed by atoms with Crippen molar-refractivity contribution < 1.29 is 23.5 Å². The van der Waals surface area contributed by atoms with Crippen LogP contribution in [0, 0.1) is 23.1 Å². The third-order valence-corrected chi connectivity index (χ3v) is 6.42. The molecule has 2 aromatic rings. The number of methoxy groups -OCH3 is 1. The topological polar surface area (TPSA) is 115 Å². The molecular formula is C25H26FN5O4. The lowest BCUT2D eigenvalue weighted by molar-refractivity contribution is -0.146. The summed E-state index contributed by atoms with van der Waals surface area (Å²) in [5.41, 5.74) is 1.38. The van der Waals surface area contributed by atoms with E-state index in [9.17, 15) is 24.0 Å². The number of hydrogen-bond donors (Lipinski definition) is 2. The number of hydrogen-bond acceptors (Lipinski definition) is 6. The second kappa shape index (κ2) is 10.5. The average molecular weight is 480 g/mol. The molecule has 182 valence electrons. The Morgan fingerprint density at radius 3 is 2.34 bits per heavy atom. The lowest BCUT2D eigenvalue weighted by Gasteiger charge is -2.35. The van der Waals surface area contributed by atoms with Gasteiger partial charge in [0.2, 0.25) is 5.91 Å². The van der Waals surface area contributed by atoms with Crippen molar-refractivity contribution in [1.29, 1.82) is 5.26 Å². The number of anilines is 1. The molecule has 3 atom stereocenters. The molecule has 0 aliphatic carbocycles. The summed E-state index contributed by atoms with van der Waals surface area (Å²) in [6.07, 6.45) is 0.0942. The van der Waals surface area contributed by atoms with Crippen molar-refractivity contribution in [1.82, 2.24) is 15.1 Å². The molecule has 9 nitrogen and oxygen atoms in total. The van der Waals surface area contributed by atoms with Gasteiger partial charge in [0.25, 0.3) is 0 Å². The van der Waals surface area contributed by atoms with Crippen LogP contribution in [0.25, 0.3) is 0 Å².